The minimum atomic E-state index is -0.345. The number of carbonyl (C=O) groups is 1. The van der Waals surface area contributed by atoms with Crippen LogP contribution in [0, 0.1) is 5.92 Å². The van der Waals surface area contributed by atoms with E-state index in [1.165, 1.54) is 0 Å². The highest BCUT2D eigenvalue weighted by Crippen LogP contribution is 2.05. The van der Waals surface area contributed by atoms with E-state index >= 15 is 0 Å². The van der Waals surface area contributed by atoms with E-state index in [9.17, 15) is 4.79 Å². The van der Waals surface area contributed by atoms with Gasteiger partial charge >= 0.3 is 6.09 Å². The van der Waals surface area contributed by atoms with Gasteiger partial charge in [0.2, 0.25) is 0 Å². The first kappa shape index (κ1) is 13.6. The van der Waals surface area contributed by atoms with Crippen molar-refractivity contribution in [2.75, 3.05) is 0 Å². The molecule has 0 aromatic heterocycles. The summed E-state index contributed by atoms with van der Waals surface area (Å²) in [4.78, 5) is 11.5. The fraction of sp³-hybridized carbons (Fsp3) is 0.500. The number of nitrogens with one attached hydrogen (secondary N) is 1. The highest BCUT2D eigenvalue weighted by Gasteiger charge is 2.09. The Kier molecular flexibility index (Phi) is 5.53. The van der Waals surface area contributed by atoms with Crippen molar-refractivity contribution in [3.05, 3.63) is 35.9 Å². The highest BCUT2D eigenvalue weighted by molar-refractivity contribution is 5.67. The van der Waals surface area contributed by atoms with E-state index in [1.807, 2.05) is 37.3 Å². The molecule has 1 unspecified atom stereocenters. The Morgan fingerprint density at radius 1 is 1.24 bits per heavy atom. The third-order valence-corrected chi connectivity index (χ3v) is 2.40. The normalized spacial score (nSPS) is 12.2. The molecular formula is C14H21NO2. The lowest BCUT2D eigenvalue weighted by molar-refractivity contribution is 0.135. The van der Waals surface area contributed by atoms with Gasteiger partial charge in [0.15, 0.2) is 0 Å². The topological polar surface area (TPSA) is 38.3 Å². The Hall–Kier alpha value is -1.51. The molecule has 0 aliphatic carbocycles. The Labute approximate surface area is 103 Å². The van der Waals surface area contributed by atoms with Gasteiger partial charge in [-0.2, -0.15) is 0 Å². The van der Waals surface area contributed by atoms with E-state index in [0.717, 1.165) is 12.0 Å². The molecule has 0 aliphatic heterocycles. The predicted octanol–water partition coefficient (Wildman–Crippen LogP) is 3.35. The number of hydrogen-bond donors (Lipinski definition) is 1. The van der Waals surface area contributed by atoms with Crippen molar-refractivity contribution in [1.29, 1.82) is 0 Å². The number of amides is 1. The SMILES string of the molecule is CC(C)CC(C)NC(=O)OCc1ccccc1. The minimum absolute atomic E-state index is 0.151. The molecule has 1 aromatic carbocycles. The zero-order valence-electron chi connectivity index (χ0n) is 10.8. The molecule has 17 heavy (non-hydrogen) atoms. The Bertz CT molecular complexity index is 335. The maximum Gasteiger partial charge on any atom is 0.407 e. The molecular weight excluding hydrogens is 214 g/mol. The molecule has 1 aromatic rings. The van der Waals surface area contributed by atoms with Gasteiger partial charge in [-0.05, 0) is 24.8 Å². The van der Waals surface area contributed by atoms with Crippen molar-refractivity contribution >= 4 is 6.09 Å². The maximum atomic E-state index is 11.5. The van der Waals surface area contributed by atoms with Crippen LogP contribution in [0.2, 0.25) is 0 Å². The van der Waals surface area contributed by atoms with Gasteiger partial charge in [-0.1, -0.05) is 44.2 Å². The van der Waals surface area contributed by atoms with E-state index in [2.05, 4.69) is 19.2 Å². The van der Waals surface area contributed by atoms with Crippen molar-refractivity contribution in [3.63, 3.8) is 0 Å². The molecule has 0 fully saturated rings. The minimum Gasteiger partial charge on any atom is -0.445 e. The molecule has 0 radical (unpaired) electrons. The first-order valence-corrected chi connectivity index (χ1v) is 6.05. The summed E-state index contributed by atoms with van der Waals surface area (Å²) in [6.45, 7) is 6.58. The van der Waals surface area contributed by atoms with Gasteiger partial charge in [-0.3, -0.25) is 0 Å². The largest absolute Gasteiger partial charge is 0.445 e. The number of carbonyl (C=O) groups excluding carboxylic acids is 1. The van der Waals surface area contributed by atoms with Crippen LogP contribution in [0.1, 0.15) is 32.8 Å². The third kappa shape index (κ3) is 5.95. The van der Waals surface area contributed by atoms with Crippen molar-refractivity contribution < 1.29 is 9.53 Å². The molecule has 3 heteroatoms. The summed E-state index contributed by atoms with van der Waals surface area (Å²) < 4.78 is 5.13. The quantitative estimate of drug-likeness (QED) is 0.850. The lowest BCUT2D eigenvalue weighted by Crippen LogP contribution is -2.33. The first-order chi connectivity index (χ1) is 8.08. The number of hydrogen-bond acceptors (Lipinski definition) is 2. The molecule has 1 N–H and O–H groups in total. The smallest absolute Gasteiger partial charge is 0.407 e. The van der Waals surface area contributed by atoms with Crippen LogP contribution in [0.4, 0.5) is 4.79 Å². The van der Waals surface area contributed by atoms with Crippen molar-refractivity contribution in [2.45, 2.75) is 39.8 Å². The number of alkyl carbamates (subject to hydrolysis) is 1. The zero-order chi connectivity index (χ0) is 12.7. The number of benzene rings is 1. The number of rotatable bonds is 5. The fourth-order valence-electron chi connectivity index (χ4n) is 1.73. The van der Waals surface area contributed by atoms with Gasteiger partial charge in [0, 0.05) is 6.04 Å². The molecule has 1 rings (SSSR count). The molecule has 0 bridgehead atoms. The molecule has 0 heterocycles. The van der Waals surface area contributed by atoms with Crippen molar-refractivity contribution in [3.8, 4) is 0 Å². The van der Waals surface area contributed by atoms with Crippen LogP contribution >= 0.6 is 0 Å². The summed E-state index contributed by atoms with van der Waals surface area (Å²) in [5.74, 6) is 0.569. The van der Waals surface area contributed by atoms with Crippen LogP contribution in [0.15, 0.2) is 30.3 Å². The predicted molar refractivity (Wildman–Crippen MR) is 68.7 cm³/mol. The van der Waals surface area contributed by atoms with Crippen LogP contribution in [0.5, 0.6) is 0 Å². The molecule has 0 aliphatic rings. The summed E-state index contributed by atoms with van der Waals surface area (Å²) in [6, 6.07) is 9.82. The molecule has 1 amide bonds. The first-order valence-electron chi connectivity index (χ1n) is 6.05. The molecule has 0 spiro atoms. The summed E-state index contributed by atoms with van der Waals surface area (Å²) in [5, 5.41) is 2.82. The number of ether oxygens (including phenoxy) is 1. The van der Waals surface area contributed by atoms with Gasteiger partial charge in [0.05, 0.1) is 0 Å². The standard InChI is InChI=1S/C14H21NO2/c1-11(2)9-12(3)15-14(16)17-10-13-7-5-4-6-8-13/h4-8,11-12H,9-10H2,1-3H3,(H,15,16). The van der Waals surface area contributed by atoms with Crippen LogP contribution in [-0.2, 0) is 11.3 Å². The van der Waals surface area contributed by atoms with Gasteiger partial charge < -0.3 is 10.1 Å². The summed E-state index contributed by atoms with van der Waals surface area (Å²) in [6.07, 6.45) is 0.613. The maximum absolute atomic E-state index is 11.5. The van der Waals surface area contributed by atoms with E-state index in [-0.39, 0.29) is 12.1 Å². The molecule has 3 nitrogen and oxygen atoms in total. The Balaban J connectivity index is 2.26. The molecule has 94 valence electrons. The van der Waals surface area contributed by atoms with Crippen LogP contribution < -0.4 is 5.32 Å². The van der Waals surface area contributed by atoms with Crippen LogP contribution in [0.3, 0.4) is 0 Å². The van der Waals surface area contributed by atoms with Gasteiger partial charge in [0.1, 0.15) is 6.61 Å². The zero-order valence-corrected chi connectivity index (χ0v) is 10.8. The van der Waals surface area contributed by atoms with Crippen LogP contribution in [0.25, 0.3) is 0 Å². The fourth-order valence-corrected chi connectivity index (χ4v) is 1.73. The van der Waals surface area contributed by atoms with E-state index < -0.39 is 0 Å². The van der Waals surface area contributed by atoms with Gasteiger partial charge in [-0.15, -0.1) is 0 Å². The van der Waals surface area contributed by atoms with E-state index in [1.54, 1.807) is 0 Å². The lowest BCUT2D eigenvalue weighted by atomic mass is 10.1. The second-order valence-electron chi connectivity index (χ2n) is 4.74. The summed E-state index contributed by atoms with van der Waals surface area (Å²) >= 11 is 0. The summed E-state index contributed by atoms with van der Waals surface area (Å²) in [7, 11) is 0. The average molecular weight is 235 g/mol. The summed E-state index contributed by atoms with van der Waals surface area (Å²) in [5.41, 5.74) is 0.999. The average Bonchev–Trinajstić information content (AvgIpc) is 2.26. The lowest BCUT2D eigenvalue weighted by Gasteiger charge is -2.15. The van der Waals surface area contributed by atoms with E-state index in [0.29, 0.717) is 12.5 Å². The second kappa shape index (κ2) is 6.94. The Morgan fingerprint density at radius 2 is 1.88 bits per heavy atom. The monoisotopic (exact) mass is 235 g/mol. The van der Waals surface area contributed by atoms with Gasteiger partial charge in [-0.25, -0.2) is 4.79 Å². The third-order valence-electron chi connectivity index (χ3n) is 2.40. The van der Waals surface area contributed by atoms with Crippen molar-refractivity contribution in [1.82, 2.24) is 5.32 Å². The molecule has 1 atom stereocenters. The Morgan fingerprint density at radius 3 is 2.47 bits per heavy atom. The van der Waals surface area contributed by atoms with Gasteiger partial charge in [0.25, 0.3) is 0 Å². The van der Waals surface area contributed by atoms with E-state index in [4.69, 9.17) is 4.74 Å². The van der Waals surface area contributed by atoms with Crippen molar-refractivity contribution in [2.24, 2.45) is 5.92 Å². The highest BCUT2D eigenvalue weighted by atomic mass is 16.5. The van der Waals surface area contributed by atoms with Crippen LogP contribution in [-0.4, -0.2) is 12.1 Å². The second-order valence-corrected chi connectivity index (χ2v) is 4.74. The molecule has 0 saturated heterocycles. The molecule has 0 saturated carbocycles.